The van der Waals surface area contributed by atoms with Crippen LogP contribution in [0.5, 0.6) is 0 Å². The predicted molar refractivity (Wildman–Crippen MR) is 348 cm³/mol. The highest BCUT2D eigenvalue weighted by Crippen LogP contribution is 2.16. The molecule has 0 aromatic carbocycles. The Morgan fingerprint density at radius 1 is 0.263 bits per heavy atom. The highest BCUT2D eigenvalue weighted by Gasteiger charge is 2.19. The minimum absolute atomic E-state index is 0.0832. The molecule has 0 aliphatic heterocycles. The molecule has 6 nitrogen and oxygen atoms in total. The molecule has 0 aromatic rings. The van der Waals surface area contributed by atoms with Crippen LogP contribution < -0.4 is 0 Å². The van der Waals surface area contributed by atoms with Crippen LogP contribution in [0, 0.1) is 0 Å². The van der Waals surface area contributed by atoms with Gasteiger partial charge in [0.05, 0.1) is 0 Å². The molecule has 6 heteroatoms. The highest BCUT2D eigenvalue weighted by atomic mass is 16.6. The number of rotatable bonds is 62. The normalized spacial score (nSPS) is 12.7. The number of hydrogen-bond donors (Lipinski definition) is 0. The standard InChI is InChI=1S/C74H128O6/c1-4-7-10-13-16-19-22-25-28-30-32-34-35-36-37-38-39-41-42-44-46-49-52-55-58-61-64-67-73(76)79-70-71(69-78-72(75)66-63-60-57-54-51-48-27-24-21-18-15-12-9-6-3)80-74(77)68-65-62-59-56-53-50-47-45-43-40-33-31-29-26-23-20-17-14-11-8-5-2/h8,11,17,20,22,24-27,29-30,32-33,35-36,40,71H,4-7,9-10,12-16,18-19,21,23,28,31,34,37-39,41-70H2,1-3H3/b11-8-,20-17-,25-22-,27-24-,29-26-,32-30-,36-35-,40-33-. The van der Waals surface area contributed by atoms with Gasteiger partial charge in [-0.25, -0.2) is 0 Å². The van der Waals surface area contributed by atoms with Crippen LogP contribution in [0.15, 0.2) is 97.2 Å². The minimum Gasteiger partial charge on any atom is -0.462 e. The molecule has 0 aliphatic carbocycles. The lowest BCUT2D eigenvalue weighted by Crippen LogP contribution is -2.30. The molecule has 0 rings (SSSR count). The van der Waals surface area contributed by atoms with Crippen molar-refractivity contribution >= 4 is 17.9 Å². The fourth-order valence-electron chi connectivity index (χ4n) is 9.67. The summed E-state index contributed by atoms with van der Waals surface area (Å²) in [5, 5.41) is 0. The summed E-state index contributed by atoms with van der Waals surface area (Å²) in [5.41, 5.74) is 0. The van der Waals surface area contributed by atoms with Gasteiger partial charge in [0.15, 0.2) is 6.10 Å². The average Bonchev–Trinajstić information content (AvgIpc) is 3.46. The largest absolute Gasteiger partial charge is 0.462 e. The van der Waals surface area contributed by atoms with Crippen molar-refractivity contribution < 1.29 is 28.6 Å². The van der Waals surface area contributed by atoms with Crippen LogP contribution >= 0.6 is 0 Å². The molecule has 0 saturated carbocycles. The van der Waals surface area contributed by atoms with E-state index in [0.717, 1.165) is 109 Å². The summed E-state index contributed by atoms with van der Waals surface area (Å²) in [4.78, 5) is 38.4. The summed E-state index contributed by atoms with van der Waals surface area (Å²) in [6, 6.07) is 0. The fraction of sp³-hybridized carbons (Fsp3) is 0.743. The molecule has 1 atom stereocenters. The molecule has 0 spiro atoms. The van der Waals surface area contributed by atoms with E-state index in [-0.39, 0.29) is 31.1 Å². The fourth-order valence-corrected chi connectivity index (χ4v) is 9.67. The van der Waals surface area contributed by atoms with Crippen molar-refractivity contribution in [2.75, 3.05) is 13.2 Å². The van der Waals surface area contributed by atoms with Gasteiger partial charge in [-0.15, -0.1) is 0 Å². The zero-order chi connectivity index (χ0) is 57.8. The van der Waals surface area contributed by atoms with Crippen molar-refractivity contribution in [2.45, 2.75) is 341 Å². The Labute approximate surface area is 496 Å². The maximum atomic E-state index is 12.9. The Kier molecular flexibility index (Phi) is 64.7. The highest BCUT2D eigenvalue weighted by molar-refractivity contribution is 5.71. The first kappa shape index (κ1) is 76.3. The van der Waals surface area contributed by atoms with Crippen LogP contribution in [0.25, 0.3) is 0 Å². The third-order valence-electron chi connectivity index (χ3n) is 14.8. The van der Waals surface area contributed by atoms with E-state index in [4.69, 9.17) is 14.2 Å². The molecule has 0 aromatic heterocycles. The topological polar surface area (TPSA) is 78.9 Å². The third kappa shape index (κ3) is 65.1. The second kappa shape index (κ2) is 67.8. The summed E-state index contributed by atoms with van der Waals surface area (Å²) >= 11 is 0. The lowest BCUT2D eigenvalue weighted by Gasteiger charge is -2.18. The summed E-state index contributed by atoms with van der Waals surface area (Å²) in [5.74, 6) is -0.889. The van der Waals surface area contributed by atoms with Crippen LogP contribution in [0.2, 0.25) is 0 Å². The number of carbonyl (C=O) groups excluding carboxylic acids is 3. The molecule has 0 heterocycles. The summed E-state index contributed by atoms with van der Waals surface area (Å²) in [6.45, 7) is 6.53. The molecule has 0 radical (unpaired) electrons. The van der Waals surface area contributed by atoms with Crippen molar-refractivity contribution in [3.8, 4) is 0 Å². The van der Waals surface area contributed by atoms with Gasteiger partial charge < -0.3 is 14.2 Å². The number of unbranched alkanes of at least 4 members (excludes halogenated alkanes) is 35. The van der Waals surface area contributed by atoms with Crippen molar-refractivity contribution in [3.63, 3.8) is 0 Å². The van der Waals surface area contributed by atoms with Gasteiger partial charge in [-0.3, -0.25) is 14.4 Å². The number of esters is 3. The minimum atomic E-state index is -0.788. The zero-order valence-corrected chi connectivity index (χ0v) is 52.8. The first-order chi connectivity index (χ1) is 39.5. The second-order valence-corrected chi connectivity index (χ2v) is 22.7. The van der Waals surface area contributed by atoms with Crippen LogP contribution in [-0.2, 0) is 28.6 Å². The molecule has 0 fully saturated rings. The number of hydrogen-bond acceptors (Lipinski definition) is 6. The van der Waals surface area contributed by atoms with Crippen molar-refractivity contribution in [2.24, 2.45) is 0 Å². The van der Waals surface area contributed by atoms with E-state index < -0.39 is 6.10 Å². The smallest absolute Gasteiger partial charge is 0.306 e. The molecule has 1 unspecified atom stereocenters. The summed E-state index contributed by atoms with van der Waals surface area (Å²) in [7, 11) is 0. The van der Waals surface area contributed by atoms with Gasteiger partial charge in [-0.05, 0) is 122 Å². The Morgan fingerprint density at radius 3 is 0.775 bits per heavy atom. The van der Waals surface area contributed by atoms with Crippen molar-refractivity contribution in [1.29, 1.82) is 0 Å². The Bertz CT molecular complexity index is 1560. The average molecular weight is 1110 g/mol. The third-order valence-corrected chi connectivity index (χ3v) is 14.8. The van der Waals surface area contributed by atoms with Gasteiger partial charge in [0, 0.05) is 19.3 Å². The maximum Gasteiger partial charge on any atom is 0.306 e. The van der Waals surface area contributed by atoms with Gasteiger partial charge in [0.2, 0.25) is 0 Å². The van der Waals surface area contributed by atoms with E-state index in [2.05, 4.69) is 118 Å². The van der Waals surface area contributed by atoms with Gasteiger partial charge in [-0.1, -0.05) is 291 Å². The predicted octanol–water partition coefficient (Wildman–Crippen LogP) is 23.6. The summed E-state index contributed by atoms with van der Waals surface area (Å²) in [6.07, 6.45) is 91.3. The van der Waals surface area contributed by atoms with E-state index in [1.54, 1.807) is 0 Å². The molecule has 0 aliphatic rings. The van der Waals surface area contributed by atoms with E-state index in [0.29, 0.717) is 19.3 Å². The number of ether oxygens (including phenoxy) is 3. The lowest BCUT2D eigenvalue weighted by atomic mass is 10.0. The van der Waals surface area contributed by atoms with Gasteiger partial charge in [0.25, 0.3) is 0 Å². The maximum absolute atomic E-state index is 12.9. The molecular formula is C74H128O6. The Balaban J connectivity index is 4.32. The van der Waals surface area contributed by atoms with Crippen molar-refractivity contribution in [1.82, 2.24) is 0 Å². The first-order valence-corrected chi connectivity index (χ1v) is 34.2. The number of allylic oxidation sites excluding steroid dienone is 16. The second-order valence-electron chi connectivity index (χ2n) is 22.7. The van der Waals surface area contributed by atoms with E-state index in [1.807, 2.05) is 0 Å². The first-order valence-electron chi connectivity index (χ1n) is 34.2. The molecule has 460 valence electrons. The summed E-state index contributed by atoms with van der Waals surface area (Å²) < 4.78 is 17.0. The molecule has 0 saturated heterocycles. The molecular weight excluding hydrogens is 985 g/mol. The van der Waals surface area contributed by atoms with Gasteiger partial charge in [0.1, 0.15) is 13.2 Å². The van der Waals surface area contributed by atoms with Gasteiger partial charge in [-0.2, -0.15) is 0 Å². The van der Waals surface area contributed by atoms with E-state index in [1.165, 1.54) is 186 Å². The Morgan fingerprint density at radius 2 is 0.487 bits per heavy atom. The molecule has 0 amide bonds. The van der Waals surface area contributed by atoms with E-state index in [9.17, 15) is 14.4 Å². The van der Waals surface area contributed by atoms with Gasteiger partial charge >= 0.3 is 17.9 Å². The molecule has 0 bridgehead atoms. The lowest BCUT2D eigenvalue weighted by molar-refractivity contribution is -0.167. The van der Waals surface area contributed by atoms with Crippen LogP contribution in [0.4, 0.5) is 0 Å². The Hall–Kier alpha value is -3.67. The quantitative estimate of drug-likeness (QED) is 0.0261. The van der Waals surface area contributed by atoms with Crippen LogP contribution in [-0.4, -0.2) is 37.2 Å². The zero-order valence-electron chi connectivity index (χ0n) is 52.8. The van der Waals surface area contributed by atoms with Crippen molar-refractivity contribution in [3.05, 3.63) is 97.2 Å². The molecule has 80 heavy (non-hydrogen) atoms. The number of carbonyl (C=O) groups is 3. The van der Waals surface area contributed by atoms with Crippen LogP contribution in [0.1, 0.15) is 335 Å². The monoisotopic (exact) mass is 1110 g/mol. The molecule has 0 N–H and O–H groups in total. The van der Waals surface area contributed by atoms with E-state index >= 15 is 0 Å². The van der Waals surface area contributed by atoms with Crippen LogP contribution in [0.3, 0.4) is 0 Å². The SMILES string of the molecule is CC/C=C\C/C=C\C/C=C\C/C=C\CCCCCCCCCCC(=O)OC(COC(=O)CCCCCCC/C=C\CCCCCCC)COC(=O)CCCCCCCCCCCCCC/C=C\C/C=C\C/C=C\CCCCCCC.